The molecule has 1 aliphatic carbocycles. The van der Waals surface area contributed by atoms with E-state index in [0.29, 0.717) is 12.5 Å². The molecule has 1 atom stereocenters. The largest absolute Gasteiger partial charge is 0.459 e. The Morgan fingerprint density at radius 2 is 2.14 bits per heavy atom. The summed E-state index contributed by atoms with van der Waals surface area (Å²) in [6.07, 6.45) is 3.10. The maximum absolute atomic E-state index is 12.0. The van der Waals surface area contributed by atoms with Crippen LogP contribution in [0.2, 0.25) is 0 Å². The summed E-state index contributed by atoms with van der Waals surface area (Å²) in [6.45, 7) is 5.78. The minimum absolute atomic E-state index is 0.102. The van der Waals surface area contributed by atoms with Gasteiger partial charge in [-0.3, -0.25) is 4.79 Å². The maximum atomic E-state index is 12.0. The van der Waals surface area contributed by atoms with Gasteiger partial charge in [0.25, 0.3) is 5.91 Å². The van der Waals surface area contributed by atoms with Crippen LogP contribution in [0, 0.1) is 5.92 Å². The van der Waals surface area contributed by atoms with Gasteiger partial charge in [-0.1, -0.05) is 0 Å². The van der Waals surface area contributed by atoms with Crippen molar-refractivity contribution in [2.45, 2.75) is 45.3 Å². The molecule has 116 valence electrons. The summed E-state index contributed by atoms with van der Waals surface area (Å²) < 4.78 is 10.2. The monoisotopic (exact) mass is 294 g/mol. The van der Waals surface area contributed by atoms with E-state index in [1.165, 1.54) is 6.26 Å². The van der Waals surface area contributed by atoms with E-state index < -0.39 is 11.7 Å². The van der Waals surface area contributed by atoms with E-state index in [-0.39, 0.29) is 17.7 Å². The number of hydrogen-bond donors (Lipinski definition) is 2. The Kier molecular flexibility index (Phi) is 4.55. The molecule has 0 unspecified atom stereocenters. The highest BCUT2D eigenvalue weighted by Gasteiger charge is 2.33. The molecule has 1 aromatic heterocycles. The summed E-state index contributed by atoms with van der Waals surface area (Å²) >= 11 is 0. The first-order valence-corrected chi connectivity index (χ1v) is 7.16. The fraction of sp³-hybridized carbons (Fsp3) is 0.600. The Hall–Kier alpha value is -1.98. The van der Waals surface area contributed by atoms with Crippen molar-refractivity contribution in [2.75, 3.05) is 6.54 Å². The number of hydrogen-bond acceptors (Lipinski definition) is 4. The third-order valence-corrected chi connectivity index (χ3v) is 3.12. The van der Waals surface area contributed by atoms with Gasteiger partial charge in [-0.15, -0.1) is 0 Å². The summed E-state index contributed by atoms with van der Waals surface area (Å²) in [5.41, 5.74) is -0.531. The van der Waals surface area contributed by atoms with Gasteiger partial charge in [-0.05, 0) is 51.7 Å². The van der Waals surface area contributed by atoms with E-state index in [1.807, 2.05) is 20.8 Å². The zero-order chi connectivity index (χ0) is 15.5. The third-order valence-electron chi connectivity index (χ3n) is 3.12. The predicted molar refractivity (Wildman–Crippen MR) is 76.9 cm³/mol. The molecular weight excluding hydrogens is 272 g/mol. The summed E-state index contributed by atoms with van der Waals surface area (Å²) in [5.74, 6) is 0.416. The van der Waals surface area contributed by atoms with Crippen LogP contribution in [0.1, 0.15) is 44.2 Å². The molecule has 2 rings (SSSR count). The summed E-state index contributed by atoms with van der Waals surface area (Å²) in [7, 11) is 0. The van der Waals surface area contributed by atoms with Crippen LogP contribution in [0.4, 0.5) is 4.79 Å². The predicted octanol–water partition coefficient (Wildman–Crippen LogP) is 2.31. The van der Waals surface area contributed by atoms with Crippen molar-refractivity contribution in [3.63, 3.8) is 0 Å². The first kappa shape index (κ1) is 15.4. The Bertz CT molecular complexity index is 486. The van der Waals surface area contributed by atoms with E-state index in [1.54, 1.807) is 12.1 Å². The summed E-state index contributed by atoms with van der Waals surface area (Å²) in [6, 6.07) is 3.18. The molecule has 1 aromatic rings. The Balaban J connectivity index is 1.83. The van der Waals surface area contributed by atoms with E-state index in [4.69, 9.17) is 9.15 Å². The number of nitrogens with one attached hydrogen (secondary N) is 2. The van der Waals surface area contributed by atoms with Gasteiger partial charge in [-0.25, -0.2) is 4.79 Å². The standard InChI is InChI=1S/C15H22N2O4/c1-15(2,3)21-14(19)16-9-11(10-6-7-10)17-13(18)12-5-4-8-20-12/h4-5,8,10-11H,6-7,9H2,1-3H3,(H,16,19)(H,17,18)/t11-/m0/s1. The highest BCUT2D eigenvalue weighted by atomic mass is 16.6. The van der Waals surface area contributed by atoms with Gasteiger partial charge >= 0.3 is 6.09 Å². The second-order valence-corrected chi connectivity index (χ2v) is 6.28. The molecule has 0 saturated heterocycles. The molecule has 0 aromatic carbocycles. The molecule has 0 aliphatic heterocycles. The zero-order valence-corrected chi connectivity index (χ0v) is 12.6. The van der Waals surface area contributed by atoms with Gasteiger partial charge < -0.3 is 19.8 Å². The number of ether oxygens (including phenoxy) is 1. The van der Waals surface area contributed by atoms with Crippen molar-refractivity contribution in [1.82, 2.24) is 10.6 Å². The smallest absolute Gasteiger partial charge is 0.407 e. The highest BCUT2D eigenvalue weighted by Crippen LogP contribution is 2.32. The fourth-order valence-corrected chi connectivity index (χ4v) is 1.99. The van der Waals surface area contributed by atoms with Crippen LogP contribution in [0.15, 0.2) is 22.8 Å². The molecule has 2 N–H and O–H groups in total. The normalized spacial score (nSPS) is 16.1. The van der Waals surface area contributed by atoms with Gasteiger partial charge in [0.2, 0.25) is 0 Å². The molecular formula is C15H22N2O4. The number of alkyl carbamates (subject to hydrolysis) is 1. The van der Waals surface area contributed by atoms with Gasteiger partial charge in [-0.2, -0.15) is 0 Å². The second-order valence-electron chi connectivity index (χ2n) is 6.28. The first-order valence-electron chi connectivity index (χ1n) is 7.16. The molecule has 1 fully saturated rings. The second kappa shape index (κ2) is 6.20. The third kappa shape index (κ3) is 5.13. The van der Waals surface area contributed by atoms with Crippen molar-refractivity contribution in [1.29, 1.82) is 0 Å². The van der Waals surface area contributed by atoms with Gasteiger partial charge in [0.1, 0.15) is 5.60 Å². The number of amides is 2. The Labute approximate surface area is 124 Å². The first-order chi connectivity index (χ1) is 9.85. The van der Waals surface area contributed by atoms with Crippen LogP contribution in [-0.4, -0.2) is 30.2 Å². The van der Waals surface area contributed by atoms with Crippen LogP contribution in [0.3, 0.4) is 0 Å². The Morgan fingerprint density at radius 3 is 2.67 bits per heavy atom. The molecule has 0 bridgehead atoms. The SMILES string of the molecule is CC(C)(C)OC(=O)NC[C@H](NC(=O)c1ccco1)C1CC1. The van der Waals surface area contributed by atoms with Crippen LogP contribution in [-0.2, 0) is 4.74 Å². The lowest BCUT2D eigenvalue weighted by molar-refractivity contribution is 0.0518. The lowest BCUT2D eigenvalue weighted by Gasteiger charge is -2.22. The summed E-state index contributed by atoms with van der Waals surface area (Å²) in [5, 5.41) is 5.60. The molecule has 0 spiro atoms. The van der Waals surface area contributed by atoms with Crippen molar-refractivity contribution in [2.24, 2.45) is 5.92 Å². The zero-order valence-electron chi connectivity index (χ0n) is 12.6. The van der Waals surface area contributed by atoms with Gasteiger partial charge in [0.15, 0.2) is 5.76 Å². The van der Waals surface area contributed by atoms with Crippen molar-refractivity contribution in [3.05, 3.63) is 24.2 Å². The van der Waals surface area contributed by atoms with Gasteiger partial charge in [0.05, 0.1) is 6.26 Å². The fourth-order valence-electron chi connectivity index (χ4n) is 1.99. The average Bonchev–Trinajstić information content (AvgIpc) is 3.06. The molecule has 1 aliphatic rings. The molecule has 6 nitrogen and oxygen atoms in total. The van der Waals surface area contributed by atoms with Gasteiger partial charge in [0, 0.05) is 12.6 Å². The lowest BCUT2D eigenvalue weighted by Crippen LogP contribution is -2.46. The van der Waals surface area contributed by atoms with Crippen LogP contribution < -0.4 is 10.6 Å². The van der Waals surface area contributed by atoms with Crippen LogP contribution in [0.5, 0.6) is 0 Å². The van der Waals surface area contributed by atoms with Crippen molar-refractivity contribution < 1.29 is 18.7 Å². The topological polar surface area (TPSA) is 80.6 Å². The average molecular weight is 294 g/mol. The molecule has 0 radical (unpaired) electrons. The molecule has 1 heterocycles. The Morgan fingerprint density at radius 1 is 1.43 bits per heavy atom. The minimum Gasteiger partial charge on any atom is -0.459 e. The van der Waals surface area contributed by atoms with E-state index in [2.05, 4.69) is 10.6 Å². The highest BCUT2D eigenvalue weighted by molar-refractivity contribution is 5.91. The molecule has 6 heteroatoms. The van der Waals surface area contributed by atoms with Crippen molar-refractivity contribution >= 4 is 12.0 Å². The van der Waals surface area contributed by atoms with Crippen molar-refractivity contribution in [3.8, 4) is 0 Å². The quantitative estimate of drug-likeness (QED) is 0.873. The van der Waals surface area contributed by atoms with Crippen LogP contribution >= 0.6 is 0 Å². The number of furan rings is 1. The lowest BCUT2D eigenvalue weighted by atomic mass is 10.2. The summed E-state index contributed by atoms with van der Waals surface area (Å²) in [4.78, 5) is 23.6. The number of carbonyl (C=O) groups is 2. The van der Waals surface area contributed by atoms with E-state index in [9.17, 15) is 9.59 Å². The number of carbonyl (C=O) groups excluding carboxylic acids is 2. The van der Waals surface area contributed by atoms with Crippen LogP contribution in [0.25, 0.3) is 0 Å². The van der Waals surface area contributed by atoms with E-state index in [0.717, 1.165) is 12.8 Å². The maximum Gasteiger partial charge on any atom is 0.407 e. The van der Waals surface area contributed by atoms with E-state index >= 15 is 0 Å². The number of rotatable bonds is 5. The molecule has 21 heavy (non-hydrogen) atoms. The molecule has 1 saturated carbocycles. The minimum atomic E-state index is -0.531. The molecule has 2 amide bonds.